The Morgan fingerprint density at radius 2 is 1.34 bits per heavy atom. The van der Waals surface area contributed by atoms with Crippen molar-refractivity contribution in [3.8, 4) is 5.75 Å². The molecule has 2 aromatic rings. The van der Waals surface area contributed by atoms with Gasteiger partial charge < -0.3 is 18.5 Å². The molecule has 6 heteroatoms. The molecule has 0 aliphatic carbocycles. The lowest BCUT2D eigenvalue weighted by Gasteiger charge is -2.27. The largest absolute Gasteiger partial charge is 0.491 e. The van der Waals surface area contributed by atoms with Crippen molar-refractivity contribution in [1.29, 1.82) is 0 Å². The Balaban J connectivity index is 2.12. The summed E-state index contributed by atoms with van der Waals surface area (Å²) in [6, 6.07) is 16.3. The second-order valence-electron chi connectivity index (χ2n) is 7.29. The van der Waals surface area contributed by atoms with Crippen molar-refractivity contribution < 1.29 is 23.1 Å². The van der Waals surface area contributed by atoms with Crippen LogP contribution in [0.2, 0.25) is 0 Å². The van der Waals surface area contributed by atoms with Crippen LogP contribution in [0.5, 0.6) is 5.75 Å². The van der Waals surface area contributed by atoms with Gasteiger partial charge in [0.15, 0.2) is 0 Å². The first kappa shape index (κ1) is 23.6. The smallest absolute Gasteiger partial charge is 0.335 e. The van der Waals surface area contributed by atoms with Crippen LogP contribution in [-0.2, 0) is 29.9 Å². The average molecular weight is 420 g/mol. The van der Waals surface area contributed by atoms with E-state index in [-0.39, 0.29) is 11.6 Å². The fourth-order valence-corrected chi connectivity index (χ4v) is 4.85. The van der Waals surface area contributed by atoms with Crippen LogP contribution in [0.4, 0.5) is 0 Å². The van der Waals surface area contributed by atoms with Gasteiger partial charge >= 0.3 is 7.60 Å². The molecule has 0 fully saturated rings. The molecule has 0 aromatic heterocycles. The van der Waals surface area contributed by atoms with Crippen LogP contribution in [0.1, 0.15) is 44.4 Å². The number of ether oxygens (including phenoxy) is 2. The maximum atomic E-state index is 12.7. The number of benzene rings is 2. The molecule has 29 heavy (non-hydrogen) atoms. The lowest BCUT2D eigenvalue weighted by Crippen LogP contribution is -2.18. The van der Waals surface area contributed by atoms with E-state index in [1.165, 1.54) is 11.1 Å². The predicted molar refractivity (Wildman–Crippen MR) is 117 cm³/mol. The summed E-state index contributed by atoms with van der Waals surface area (Å²) in [6.07, 6.45) is 0.281. The average Bonchev–Trinajstić information content (AvgIpc) is 2.69. The highest BCUT2D eigenvalue weighted by atomic mass is 31.2. The van der Waals surface area contributed by atoms with E-state index in [1.807, 2.05) is 38.1 Å². The molecular weight excluding hydrogens is 387 g/mol. The Labute approximate surface area is 174 Å². The summed E-state index contributed by atoms with van der Waals surface area (Å²) in [4.78, 5) is 0. The summed E-state index contributed by atoms with van der Waals surface area (Å²) in [5.74, 6) is 0.833. The quantitative estimate of drug-likeness (QED) is 0.321. The van der Waals surface area contributed by atoms with E-state index in [0.29, 0.717) is 26.4 Å². The van der Waals surface area contributed by atoms with E-state index in [1.54, 1.807) is 7.11 Å². The molecule has 0 amide bonds. The fraction of sp³-hybridized carbons (Fsp3) is 0.478. The van der Waals surface area contributed by atoms with Gasteiger partial charge in [0.25, 0.3) is 0 Å². The topological polar surface area (TPSA) is 54.0 Å². The van der Waals surface area contributed by atoms with E-state index < -0.39 is 7.60 Å². The molecule has 0 saturated carbocycles. The summed E-state index contributed by atoms with van der Waals surface area (Å²) >= 11 is 0. The van der Waals surface area contributed by atoms with Gasteiger partial charge in [0, 0.05) is 12.5 Å². The second-order valence-corrected chi connectivity index (χ2v) is 9.35. The standard InChI is InChI=1S/C23H33O5P/c1-6-27-29(24,28-7-2)18-19-8-10-20(11-9-19)23(3,4)21-12-14-22(15-13-21)26-17-16-25-5/h8-15H,6-7,16-18H2,1-5H3. The van der Waals surface area contributed by atoms with Crippen molar-refractivity contribution in [2.75, 3.05) is 33.5 Å². The van der Waals surface area contributed by atoms with Gasteiger partial charge in [-0.25, -0.2) is 0 Å². The van der Waals surface area contributed by atoms with Crippen LogP contribution in [-0.4, -0.2) is 33.5 Å². The molecule has 0 bridgehead atoms. The Kier molecular flexibility index (Phi) is 8.91. The summed E-state index contributed by atoms with van der Waals surface area (Å²) < 4.78 is 34.2. The van der Waals surface area contributed by atoms with Crippen LogP contribution < -0.4 is 4.74 Å². The highest BCUT2D eigenvalue weighted by Crippen LogP contribution is 2.51. The van der Waals surface area contributed by atoms with E-state index in [2.05, 4.69) is 38.1 Å². The molecule has 0 unspecified atom stereocenters. The third-order valence-electron chi connectivity index (χ3n) is 4.84. The van der Waals surface area contributed by atoms with Gasteiger partial charge in [0.2, 0.25) is 0 Å². The Bertz CT molecular complexity index is 774. The molecule has 0 atom stereocenters. The first-order chi connectivity index (χ1) is 13.8. The Hall–Kier alpha value is -1.65. The molecule has 0 N–H and O–H groups in total. The lowest BCUT2D eigenvalue weighted by molar-refractivity contribution is 0.146. The Morgan fingerprint density at radius 1 is 0.828 bits per heavy atom. The summed E-state index contributed by atoms with van der Waals surface area (Å²) in [7, 11) is -1.44. The minimum absolute atomic E-state index is 0.173. The van der Waals surface area contributed by atoms with Crippen molar-refractivity contribution in [3.05, 3.63) is 65.2 Å². The van der Waals surface area contributed by atoms with Gasteiger partial charge in [0.1, 0.15) is 12.4 Å². The molecule has 5 nitrogen and oxygen atoms in total. The van der Waals surface area contributed by atoms with E-state index in [4.69, 9.17) is 18.5 Å². The molecule has 0 spiro atoms. The predicted octanol–water partition coefficient (Wildman–Crippen LogP) is 5.80. The Morgan fingerprint density at radius 3 is 1.83 bits per heavy atom. The van der Waals surface area contributed by atoms with Gasteiger partial charge in [0.05, 0.1) is 26.0 Å². The van der Waals surface area contributed by atoms with Crippen LogP contribution in [0, 0.1) is 0 Å². The summed E-state index contributed by atoms with van der Waals surface area (Å²) in [5.41, 5.74) is 3.14. The van der Waals surface area contributed by atoms with Gasteiger partial charge in [-0.05, 0) is 42.7 Å². The number of rotatable bonds is 12. The molecule has 0 radical (unpaired) electrons. The number of hydrogen-bond donors (Lipinski definition) is 0. The molecular formula is C23H33O5P. The monoisotopic (exact) mass is 420 g/mol. The van der Waals surface area contributed by atoms with Gasteiger partial charge in [-0.1, -0.05) is 50.2 Å². The molecule has 2 aromatic carbocycles. The third kappa shape index (κ3) is 6.68. The van der Waals surface area contributed by atoms with Gasteiger partial charge in [-0.3, -0.25) is 4.57 Å². The zero-order valence-electron chi connectivity index (χ0n) is 18.1. The minimum Gasteiger partial charge on any atom is -0.491 e. The van der Waals surface area contributed by atoms with E-state index in [9.17, 15) is 4.57 Å². The maximum Gasteiger partial charge on any atom is 0.335 e. The highest BCUT2D eigenvalue weighted by molar-refractivity contribution is 7.53. The molecule has 0 aliphatic heterocycles. The van der Waals surface area contributed by atoms with Gasteiger partial charge in [-0.2, -0.15) is 0 Å². The first-order valence-electron chi connectivity index (χ1n) is 10.0. The molecule has 2 rings (SSSR count). The summed E-state index contributed by atoms with van der Waals surface area (Å²) in [6.45, 7) is 9.87. The van der Waals surface area contributed by atoms with Crippen LogP contribution >= 0.6 is 7.60 Å². The van der Waals surface area contributed by atoms with Crippen molar-refractivity contribution in [3.63, 3.8) is 0 Å². The zero-order valence-corrected chi connectivity index (χ0v) is 19.0. The first-order valence-corrected chi connectivity index (χ1v) is 11.8. The minimum atomic E-state index is -3.10. The van der Waals surface area contributed by atoms with Crippen LogP contribution in [0.25, 0.3) is 0 Å². The SMILES string of the molecule is CCOP(=O)(Cc1ccc(C(C)(C)c2ccc(OCCOC)cc2)cc1)OCC. The van der Waals surface area contributed by atoms with Crippen molar-refractivity contribution in [2.24, 2.45) is 0 Å². The number of hydrogen-bond acceptors (Lipinski definition) is 5. The van der Waals surface area contributed by atoms with E-state index >= 15 is 0 Å². The van der Waals surface area contributed by atoms with Crippen LogP contribution in [0.15, 0.2) is 48.5 Å². The highest BCUT2D eigenvalue weighted by Gasteiger charge is 2.26. The second kappa shape index (κ2) is 10.9. The summed E-state index contributed by atoms with van der Waals surface area (Å²) in [5, 5.41) is 0. The number of methoxy groups -OCH3 is 1. The van der Waals surface area contributed by atoms with Crippen molar-refractivity contribution >= 4 is 7.60 Å². The molecule has 160 valence electrons. The molecule has 0 aliphatic rings. The third-order valence-corrected chi connectivity index (χ3v) is 6.89. The van der Waals surface area contributed by atoms with Gasteiger partial charge in [-0.15, -0.1) is 0 Å². The van der Waals surface area contributed by atoms with Crippen molar-refractivity contribution in [1.82, 2.24) is 0 Å². The lowest BCUT2D eigenvalue weighted by atomic mass is 9.78. The van der Waals surface area contributed by atoms with Crippen molar-refractivity contribution in [2.45, 2.75) is 39.3 Å². The maximum absolute atomic E-state index is 12.7. The van der Waals surface area contributed by atoms with E-state index in [0.717, 1.165) is 11.3 Å². The molecule has 0 saturated heterocycles. The normalized spacial score (nSPS) is 12.2. The zero-order chi connectivity index (χ0) is 21.3. The fourth-order valence-electron chi connectivity index (χ4n) is 3.15. The van der Waals surface area contributed by atoms with Crippen LogP contribution in [0.3, 0.4) is 0 Å². The molecule has 0 heterocycles.